The first kappa shape index (κ1) is 13.4. The third-order valence-corrected chi connectivity index (χ3v) is 4.74. The van der Waals surface area contributed by atoms with Crippen LogP contribution < -0.4 is 5.32 Å². The highest BCUT2D eigenvalue weighted by atomic mass is 35.5. The van der Waals surface area contributed by atoms with E-state index in [0.29, 0.717) is 11.6 Å². The zero-order valence-electron chi connectivity index (χ0n) is 11.3. The second-order valence-corrected chi connectivity index (χ2v) is 6.33. The molecule has 0 aromatic rings. The van der Waals surface area contributed by atoms with Crippen molar-refractivity contribution in [1.29, 1.82) is 0 Å². The smallest absolute Gasteiger partial charge is 0.0308 e. The number of nitrogens with zero attached hydrogens (tertiary/aromatic N) is 1. The first-order valence-electron chi connectivity index (χ1n) is 6.80. The second-order valence-electron chi connectivity index (χ2n) is 6.12. The van der Waals surface area contributed by atoms with Crippen LogP contribution in [0.5, 0.6) is 0 Å². The lowest BCUT2D eigenvalue weighted by atomic mass is 9.95. The van der Waals surface area contributed by atoms with Gasteiger partial charge in [-0.25, -0.2) is 0 Å². The minimum absolute atomic E-state index is 0.317. The molecule has 2 fully saturated rings. The summed E-state index contributed by atoms with van der Waals surface area (Å²) in [6, 6.07) is 0.648. The third-order valence-electron chi connectivity index (χ3n) is 4.36. The Morgan fingerprint density at radius 1 is 1.47 bits per heavy atom. The van der Waals surface area contributed by atoms with Gasteiger partial charge in [-0.1, -0.05) is 11.6 Å². The highest BCUT2D eigenvalue weighted by Crippen LogP contribution is 2.41. The molecule has 98 valence electrons. The maximum atomic E-state index is 5.80. The Kier molecular flexibility index (Phi) is 4.17. The van der Waals surface area contributed by atoms with Gasteiger partial charge >= 0.3 is 0 Å². The summed E-state index contributed by atoms with van der Waals surface area (Å²) in [5.74, 6) is 0.885. The molecule has 3 heteroatoms. The average Bonchev–Trinajstić information content (AvgIpc) is 3.10. The molecule has 1 saturated carbocycles. The van der Waals surface area contributed by atoms with Crippen LogP contribution in [-0.2, 0) is 0 Å². The number of nitrogens with one attached hydrogen (secondary N) is 1. The molecule has 1 saturated heterocycles. The molecule has 2 rings (SSSR count). The molecule has 2 unspecified atom stereocenters. The summed E-state index contributed by atoms with van der Waals surface area (Å²) in [5, 5.41) is 3.78. The predicted octanol–water partition coefficient (Wildman–Crippen LogP) is 2.98. The van der Waals surface area contributed by atoms with Crippen molar-refractivity contribution in [3.63, 3.8) is 0 Å². The van der Waals surface area contributed by atoms with Crippen LogP contribution in [0, 0.1) is 5.92 Å². The minimum Gasteiger partial charge on any atom is -0.310 e. The SMILES string of the molecule is CC(=CCl)CN1CC(C)(C2CC2)NCCC1C. The summed E-state index contributed by atoms with van der Waals surface area (Å²) < 4.78 is 0. The lowest BCUT2D eigenvalue weighted by molar-refractivity contribution is 0.175. The number of rotatable bonds is 3. The normalized spacial score (nSPS) is 36.9. The quantitative estimate of drug-likeness (QED) is 0.835. The lowest BCUT2D eigenvalue weighted by Gasteiger charge is -2.36. The van der Waals surface area contributed by atoms with Crippen LogP contribution in [0.2, 0.25) is 0 Å². The third kappa shape index (κ3) is 3.24. The van der Waals surface area contributed by atoms with Crippen LogP contribution in [-0.4, -0.2) is 36.1 Å². The Morgan fingerprint density at radius 3 is 2.76 bits per heavy atom. The summed E-state index contributed by atoms with van der Waals surface area (Å²) in [7, 11) is 0. The molecular formula is C14H25ClN2. The Hall–Kier alpha value is -0.0500. The van der Waals surface area contributed by atoms with Gasteiger partial charge in [0.15, 0.2) is 0 Å². The molecule has 0 spiro atoms. The topological polar surface area (TPSA) is 15.3 Å². The van der Waals surface area contributed by atoms with E-state index >= 15 is 0 Å². The van der Waals surface area contributed by atoms with Gasteiger partial charge in [-0.3, -0.25) is 4.90 Å². The average molecular weight is 257 g/mol. The predicted molar refractivity (Wildman–Crippen MR) is 74.4 cm³/mol. The standard InChI is InChI=1S/C14H25ClN2/c1-11(8-15)9-17-10-14(3,13-4-5-13)16-7-6-12(17)2/h8,12-13,16H,4-7,9-10H2,1-3H3. The Bertz CT molecular complexity index is 299. The molecule has 1 N–H and O–H groups in total. The molecule has 2 aliphatic rings. The summed E-state index contributed by atoms with van der Waals surface area (Å²) >= 11 is 5.80. The number of hydrogen-bond donors (Lipinski definition) is 1. The molecule has 1 aliphatic carbocycles. The Morgan fingerprint density at radius 2 is 2.18 bits per heavy atom. The van der Waals surface area contributed by atoms with Crippen molar-refractivity contribution in [1.82, 2.24) is 10.2 Å². The summed E-state index contributed by atoms with van der Waals surface area (Å²) in [6.45, 7) is 10.2. The van der Waals surface area contributed by atoms with E-state index in [4.69, 9.17) is 11.6 Å². The van der Waals surface area contributed by atoms with Crippen molar-refractivity contribution < 1.29 is 0 Å². The van der Waals surface area contributed by atoms with E-state index < -0.39 is 0 Å². The van der Waals surface area contributed by atoms with E-state index in [0.717, 1.165) is 25.6 Å². The van der Waals surface area contributed by atoms with Gasteiger partial charge in [-0.05, 0) is 58.1 Å². The van der Waals surface area contributed by atoms with Gasteiger partial charge in [-0.15, -0.1) is 0 Å². The van der Waals surface area contributed by atoms with Gasteiger partial charge in [0, 0.05) is 30.2 Å². The highest BCUT2D eigenvalue weighted by molar-refractivity contribution is 6.25. The van der Waals surface area contributed by atoms with Crippen molar-refractivity contribution in [3.05, 3.63) is 11.1 Å². The van der Waals surface area contributed by atoms with Gasteiger partial charge in [0.05, 0.1) is 0 Å². The van der Waals surface area contributed by atoms with Crippen LogP contribution >= 0.6 is 11.6 Å². The molecule has 1 heterocycles. The van der Waals surface area contributed by atoms with Crippen molar-refractivity contribution >= 4 is 11.6 Å². The van der Waals surface area contributed by atoms with Crippen LogP contribution in [0.3, 0.4) is 0 Å². The van der Waals surface area contributed by atoms with Crippen molar-refractivity contribution in [3.8, 4) is 0 Å². The van der Waals surface area contributed by atoms with Crippen molar-refractivity contribution in [2.75, 3.05) is 19.6 Å². The molecule has 0 amide bonds. The van der Waals surface area contributed by atoms with E-state index in [2.05, 4.69) is 31.0 Å². The van der Waals surface area contributed by atoms with Gasteiger partial charge in [0.25, 0.3) is 0 Å². The van der Waals surface area contributed by atoms with Gasteiger partial charge in [0.2, 0.25) is 0 Å². The zero-order chi connectivity index (χ0) is 12.5. The number of halogens is 1. The first-order chi connectivity index (χ1) is 8.05. The zero-order valence-corrected chi connectivity index (χ0v) is 12.1. The van der Waals surface area contributed by atoms with Crippen LogP contribution in [0.25, 0.3) is 0 Å². The van der Waals surface area contributed by atoms with E-state index in [1.54, 1.807) is 5.54 Å². The van der Waals surface area contributed by atoms with Gasteiger partial charge in [0.1, 0.15) is 0 Å². The second kappa shape index (κ2) is 5.29. The maximum absolute atomic E-state index is 5.80. The molecule has 0 bridgehead atoms. The molecule has 0 aromatic carbocycles. The van der Waals surface area contributed by atoms with E-state index in [9.17, 15) is 0 Å². The highest BCUT2D eigenvalue weighted by Gasteiger charge is 2.43. The summed E-state index contributed by atoms with van der Waals surface area (Å²) in [6.07, 6.45) is 4.03. The molecule has 17 heavy (non-hydrogen) atoms. The monoisotopic (exact) mass is 256 g/mol. The van der Waals surface area contributed by atoms with Crippen molar-refractivity contribution in [2.24, 2.45) is 5.92 Å². The van der Waals surface area contributed by atoms with Crippen LogP contribution in [0.15, 0.2) is 11.1 Å². The summed E-state index contributed by atoms with van der Waals surface area (Å²) in [4.78, 5) is 2.59. The molecule has 2 nitrogen and oxygen atoms in total. The van der Waals surface area contributed by atoms with E-state index in [1.165, 1.54) is 24.8 Å². The fraction of sp³-hybridized carbons (Fsp3) is 0.857. The molecular weight excluding hydrogens is 232 g/mol. The van der Waals surface area contributed by atoms with E-state index in [1.807, 2.05) is 0 Å². The Labute approximate surface area is 110 Å². The van der Waals surface area contributed by atoms with Crippen molar-refractivity contribution in [2.45, 2.75) is 51.6 Å². The van der Waals surface area contributed by atoms with Gasteiger partial charge in [-0.2, -0.15) is 0 Å². The molecule has 1 aliphatic heterocycles. The summed E-state index contributed by atoms with van der Waals surface area (Å²) in [5.41, 5.74) is 3.30. The minimum atomic E-state index is 0.317. The molecule has 2 atom stereocenters. The lowest BCUT2D eigenvalue weighted by Crippen LogP contribution is -2.51. The molecule has 0 radical (unpaired) electrons. The maximum Gasteiger partial charge on any atom is 0.0308 e. The van der Waals surface area contributed by atoms with Crippen LogP contribution in [0.4, 0.5) is 0 Å². The van der Waals surface area contributed by atoms with Gasteiger partial charge < -0.3 is 5.32 Å². The number of hydrogen-bond acceptors (Lipinski definition) is 2. The fourth-order valence-electron chi connectivity index (χ4n) is 2.94. The van der Waals surface area contributed by atoms with E-state index in [-0.39, 0.29) is 0 Å². The largest absolute Gasteiger partial charge is 0.310 e. The van der Waals surface area contributed by atoms with Crippen LogP contribution in [0.1, 0.15) is 40.0 Å². The first-order valence-corrected chi connectivity index (χ1v) is 7.24. The Balaban J connectivity index is 2.05. The fourth-order valence-corrected chi connectivity index (χ4v) is 3.01. The molecule has 0 aromatic heterocycles.